The minimum absolute atomic E-state index is 0.542. The molecule has 0 unspecified atom stereocenters. The normalized spacial score (nSPS) is 12.2. The standard InChI is InChI=1S/C32H30O3P/c33-36(34-31(25-29-17-9-3-10-18-29)23-21-27-13-5-1-6-14-27)35-32(26-30-19-11-4-12-20-30)24-22-28-15-7-2-8-16-28/h1-20,23-24H,21-22,25-26H2/q+1. The highest BCUT2D eigenvalue weighted by atomic mass is 31.1. The highest BCUT2D eigenvalue weighted by Crippen LogP contribution is 2.34. The van der Waals surface area contributed by atoms with Gasteiger partial charge in [-0.25, -0.2) is 9.05 Å². The van der Waals surface area contributed by atoms with Crippen LogP contribution >= 0.6 is 8.25 Å². The first-order valence-corrected chi connectivity index (χ1v) is 13.2. The van der Waals surface area contributed by atoms with Gasteiger partial charge in [0.25, 0.3) is 0 Å². The molecule has 0 atom stereocenters. The van der Waals surface area contributed by atoms with E-state index in [1.54, 1.807) is 0 Å². The van der Waals surface area contributed by atoms with Crippen molar-refractivity contribution in [2.75, 3.05) is 0 Å². The minimum atomic E-state index is -2.40. The Balaban J connectivity index is 1.48. The van der Waals surface area contributed by atoms with E-state index in [1.165, 1.54) is 0 Å². The van der Waals surface area contributed by atoms with Gasteiger partial charge in [-0.2, -0.15) is 0 Å². The summed E-state index contributed by atoms with van der Waals surface area (Å²) < 4.78 is 24.9. The zero-order valence-corrected chi connectivity index (χ0v) is 21.1. The molecule has 0 spiro atoms. The van der Waals surface area contributed by atoms with Crippen molar-refractivity contribution in [3.8, 4) is 0 Å². The number of hydrogen-bond acceptors (Lipinski definition) is 3. The first-order valence-electron chi connectivity index (χ1n) is 12.1. The van der Waals surface area contributed by atoms with Crippen LogP contribution < -0.4 is 0 Å². The molecule has 4 rings (SSSR count). The van der Waals surface area contributed by atoms with E-state index in [2.05, 4.69) is 24.3 Å². The van der Waals surface area contributed by atoms with E-state index in [-0.39, 0.29) is 0 Å². The third-order valence-electron chi connectivity index (χ3n) is 5.64. The molecule has 0 fully saturated rings. The van der Waals surface area contributed by atoms with E-state index in [4.69, 9.17) is 9.05 Å². The number of rotatable bonds is 12. The van der Waals surface area contributed by atoms with Crippen LogP contribution in [0.2, 0.25) is 0 Å². The highest BCUT2D eigenvalue weighted by molar-refractivity contribution is 7.33. The van der Waals surface area contributed by atoms with Gasteiger partial charge in [-0.15, -0.1) is 0 Å². The summed E-state index contributed by atoms with van der Waals surface area (Å²) in [4.78, 5) is 0. The van der Waals surface area contributed by atoms with Crippen molar-refractivity contribution in [2.24, 2.45) is 0 Å². The predicted molar refractivity (Wildman–Crippen MR) is 147 cm³/mol. The molecule has 4 heteroatoms. The zero-order chi connectivity index (χ0) is 24.8. The predicted octanol–water partition coefficient (Wildman–Crippen LogP) is 8.42. The Bertz CT molecular complexity index is 1170. The number of benzene rings is 4. The van der Waals surface area contributed by atoms with E-state index < -0.39 is 8.25 Å². The lowest BCUT2D eigenvalue weighted by Crippen LogP contribution is -1.98. The SMILES string of the molecule is O=[P+](OC(=CCc1ccccc1)Cc1ccccc1)OC(=CCc1ccccc1)Cc1ccccc1. The molecular formula is C32H30O3P+. The Morgan fingerprint density at radius 3 is 1.14 bits per heavy atom. The molecule has 0 aromatic heterocycles. The summed E-state index contributed by atoms with van der Waals surface area (Å²) in [6, 6.07) is 40.4. The van der Waals surface area contributed by atoms with Crippen LogP contribution in [0, 0.1) is 0 Å². The third-order valence-corrected chi connectivity index (χ3v) is 6.41. The van der Waals surface area contributed by atoms with Crippen LogP contribution in [0.25, 0.3) is 0 Å². The molecule has 180 valence electrons. The maximum atomic E-state index is 13.1. The summed E-state index contributed by atoms with van der Waals surface area (Å²) in [6.45, 7) is 0. The number of hydrogen-bond donors (Lipinski definition) is 0. The molecule has 0 aliphatic carbocycles. The van der Waals surface area contributed by atoms with Gasteiger partial charge in [-0.1, -0.05) is 121 Å². The largest absolute Gasteiger partial charge is 0.804 e. The van der Waals surface area contributed by atoms with Crippen molar-refractivity contribution >= 4 is 8.25 Å². The van der Waals surface area contributed by atoms with Crippen LogP contribution in [-0.4, -0.2) is 0 Å². The lowest BCUT2D eigenvalue weighted by atomic mass is 10.1. The summed E-state index contributed by atoms with van der Waals surface area (Å²) >= 11 is 0. The monoisotopic (exact) mass is 493 g/mol. The summed E-state index contributed by atoms with van der Waals surface area (Å²) in [7, 11) is -2.40. The van der Waals surface area contributed by atoms with Crippen LogP contribution in [0.5, 0.6) is 0 Å². The Kier molecular flexibility index (Phi) is 9.66. The molecule has 4 aromatic rings. The number of allylic oxidation sites excluding steroid dienone is 4. The van der Waals surface area contributed by atoms with Gasteiger partial charge in [-0.3, -0.25) is 0 Å². The second kappa shape index (κ2) is 13.8. The quantitative estimate of drug-likeness (QED) is 0.147. The molecule has 0 aliphatic heterocycles. The molecule has 4 aromatic carbocycles. The fourth-order valence-corrected chi connectivity index (χ4v) is 4.48. The van der Waals surface area contributed by atoms with Crippen molar-refractivity contribution in [3.05, 3.63) is 167 Å². The fourth-order valence-electron chi connectivity index (χ4n) is 3.78. The second-order valence-corrected chi connectivity index (χ2v) is 9.26. The van der Waals surface area contributed by atoms with E-state index in [9.17, 15) is 4.57 Å². The smallest absolute Gasteiger partial charge is 0.227 e. The Hall–Kier alpha value is -3.94. The Morgan fingerprint density at radius 1 is 0.500 bits per heavy atom. The average molecular weight is 494 g/mol. The van der Waals surface area contributed by atoms with Crippen LogP contribution in [0.4, 0.5) is 0 Å². The van der Waals surface area contributed by atoms with E-state index in [0.717, 1.165) is 22.3 Å². The first-order chi connectivity index (χ1) is 17.7. The highest BCUT2D eigenvalue weighted by Gasteiger charge is 2.27. The van der Waals surface area contributed by atoms with Crippen LogP contribution in [0.15, 0.2) is 145 Å². The van der Waals surface area contributed by atoms with Gasteiger partial charge in [-0.05, 0) is 47.2 Å². The van der Waals surface area contributed by atoms with E-state index >= 15 is 0 Å². The molecule has 3 nitrogen and oxygen atoms in total. The van der Waals surface area contributed by atoms with Gasteiger partial charge in [0.2, 0.25) is 0 Å². The second-order valence-electron chi connectivity index (χ2n) is 8.45. The summed E-state index contributed by atoms with van der Waals surface area (Å²) in [5.74, 6) is 1.27. The van der Waals surface area contributed by atoms with Gasteiger partial charge < -0.3 is 0 Å². The molecule has 0 saturated heterocycles. The van der Waals surface area contributed by atoms with Crippen molar-refractivity contribution in [1.29, 1.82) is 0 Å². The van der Waals surface area contributed by atoms with E-state index in [1.807, 2.05) is 109 Å². The lowest BCUT2D eigenvalue weighted by molar-refractivity contribution is 0.305. The Morgan fingerprint density at radius 2 is 0.806 bits per heavy atom. The van der Waals surface area contributed by atoms with Crippen LogP contribution in [0.3, 0.4) is 0 Å². The summed E-state index contributed by atoms with van der Waals surface area (Å²) in [5.41, 5.74) is 4.50. The molecule has 0 N–H and O–H groups in total. The van der Waals surface area contributed by atoms with Crippen LogP contribution in [0.1, 0.15) is 22.3 Å². The maximum absolute atomic E-state index is 13.1. The molecule has 0 heterocycles. The third kappa shape index (κ3) is 8.69. The van der Waals surface area contributed by atoms with Gasteiger partial charge in [0.05, 0.1) is 0 Å². The molecule has 0 saturated carbocycles. The molecule has 0 radical (unpaired) electrons. The maximum Gasteiger partial charge on any atom is 0.804 e. The zero-order valence-electron chi connectivity index (χ0n) is 20.2. The van der Waals surface area contributed by atoms with Gasteiger partial charge in [0, 0.05) is 17.4 Å². The van der Waals surface area contributed by atoms with Crippen molar-refractivity contribution < 1.29 is 13.6 Å². The van der Waals surface area contributed by atoms with Crippen molar-refractivity contribution in [1.82, 2.24) is 0 Å². The fraction of sp³-hybridized carbons (Fsp3) is 0.125. The van der Waals surface area contributed by atoms with Crippen molar-refractivity contribution in [3.63, 3.8) is 0 Å². The average Bonchev–Trinajstić information content (AvgIpc) is 2.93. The summed E-state index contributed by atoms with van der Waals surface area (Å²) in [5, 5.41) is 0. The van der Waals surface area contributed by atoms with Gasteiger partial charge in [0.15, 0.2) is 11.5 Å². The minimum Gasteiger partial charge on any atom is -0.227 e. The topological polar surface area (TPSA) is 35.5 Å². The Labute approximate surface area is 214 Å². The lowest BCUT2D eigenvalue weighted by Gasteiger charge is -2.05. The molecule has 0 bridgehead atoms. The first kappa shape index (κ1) is 25.2. The molecule has 0 amide bonds. The van der Waals surface area contributed by atoms with Crippen LogP contribution in [-0.2, 0) is 39.3 Å². The van der Waals surface area contributed by atoms with Gasteiger partial charge in [0.1, 0.15) is 0 Å². The van der Waals surface area contributed by atoms with Gasteiger partial charge >= 0.3 is 8.25 Å². The van der Waals surface area contributed by atoms with Crippen molar-refractivity contribution in [2.45, 2.75) is 25.7 Å². The molecule has 36 heavy (non-hydrogen) atoms. The molecule has 0 aliphatic rings. The van der Waals surface area contributed by atoms with E-state index in [0.29, 0.717) is 37.2 Å². The molecular weight excluding hydrogens is 463 g/mol. The summed E-state index contributed by atoms with van der Waals surface area (Å²) in [6.07, 6.45) is 6.44.